The van der Waals surface area contributed by atoms with Gasteiger partial charge in [0.1, 0.15) is 0 Å². The van der Waals surface area contributed by atoms with E-state index in [1.165, 1.54) is 54.4 Å². The quantitative estimate of drug-likeness (QED) is 0.0272. The molecule has 6 aromatic rings. The van der Waals surface area contributed by atoms with Crippen molar-refractivity contribution < 1.29 is 49.5 Å². The van der Waals surface area contributed by atoms with E-state index in [2.05, 4.69) is 284 Å². The fourth-order valence-electron chi connectivity index (χ4n) is 9.52. The molecule has 11 heteroatoms. The Morgan fingerprint density at radius 1 is 0.529 bits per heavy atom. The molecule has 0 heterocycles. The Morgan fingerprint density at radius 3 is 1.08 bits per heavy atom. The summed E-state index contributed by atoms with van der Waals surface area (Å²) < 4.78 is 9.65. The molecular formula is C76H106IN5O2P2Xe. The Bertz CT molecular complexity index is 2700. The summed E-state index contributed by atoms with van der Waals surface area (Å²) in [4.78, 5) is 14.6. The van der Waals surface area contributed by atoms with E-state index in [0.29, 0.717) is 25.2 Å². The van der Waals surface area contributed by atoms with Gasteiger partial charge in [0.15, 0.2) is 0 Å². The Hall–Kier alpha value is -3.71. The molecule has 2 aliphatic rings. The van der Waals surface area contributed by atoms with Crippen LogP contribution in [0.5, 0.6) is 0 Å². The molecule has 0 bridgehead atoms. The summed E-state index contributed by atoms with van der Waals surface area (Å²) in [5.74, 6) is 1.38. The van der Waals surface area contributed by atoms with Crippen LogP contribution < -0.4 is 11.5 Å². The number of hydrogen-bond acceptors (Lipinski definition) is 7. The molecule has 2 fully saturated rings. The van der Waals surface area contributed by atoms with Crippen molar-refractivity contribution in [1.82, 2.24) is 0 Å². The first kappa shape index (κ1) is 79.4. The molecular weight excluding hydrogens is 1340 g/mol. The van der Waals surface area contributed by atoms with Crippen LogP contribution in [0.2, 0.25) is 0 Å². The van der Waals surface area contributed by atoms with Gasteiger partial charge < -0.3 is 20.5 Å². The van der Waals surface area contributed by atoms with Crippen LogP contribution in [0.3, 0.4) is 0 Å². The first-order chi connectivity index (χ1) is 42.3. The third kappa shape index (κ3) is 33.8. The average molecular weight is 1440 g/mol. The number of nitrogens with zero attached hydrogens (tertiary/aromatic N) is 3. The van der Waals surface area contributed by atoms with E-state index in [9.17, 15) is 0 Å². The SMILES string of the molecule is C=CC1CCC1(C)N.CC(CC/C=C/COP)N=C(c1ccccc1)c1ccccc1.CC/C=C/CCC(C)N=C(c1ccccc1)c1ccccc1.CCC/C=C/COP.CCC1CCC1(C)N.CCN=C(c1ccccc1)c1ccccc1.I[XeH]. The number of nitrogens with two attached hydrogens (primary N) is 2. The summed E-state index contributed by atoms with van der Waals surface area (Å²) in [7, 11) is 4.47. The first-order valence-corrected chi connectivity index (χ1v) is 38.5. The van der Waals surface area contributed by atoms with Crippen molar-refractivity contribution in [3.8, 4) is 0 Å². The maximum atomic E-state index is 5.88. The molecule has 7 nitrogen and oxygen atoms in total. The zero-order chi connectivity index (χ0) is 63.8. The summed E-state index contributed by atoms with van der Waals surface area (Å²) in [6.07, 6.45) is 28.7. The summed E-state index contributed by atoms with van der Waals surface area (Å²) in [5.41, 5.74) is 22.2. The van der Waals surface area contributed by atoms with Crippen molar-refractivity contribution in [2.75, 3.05) is 19.8 Å². The number of hydrogen-bond donors (Lipinski definition) is 2. The molecule has 8 rings (SSSR count). The predicted molar refractivity (Wildman–Crippen MR) is 394 cm³/mol. The Balaban J connectivity index is 0.000000373. The molecule has 8 atom stereocenters. The van der Waals surface area contributed by atoms with Crippen LogP contribution in [-0.4, -0.2) is 60.1 Å². The number of rotatable bonds is 24. The van der Waals surface area contributed by atoms with Crippen molar-refractivity contribution in [2.24, 2.45) is 38.3 Å². The zero-order valence-corrected chi connectivity index (χ0v) is 60.3. The van der Waals surface area contributed by atoms with Crippen molar-refractivity contribution in [2.45, 2.75) is 156 Å². The minimum atomic E-state index is 0.0712. The third-order valence-electron chi connectivity index (χ3n) is 15.0. The van der Waals surface area contributed by atoms with E-state index in [0.717, 1.165) is 85.7 Å². The maximum absolute atomic E-state index is 5.88. The monoisotopic (exact) mass is 1440 g/mol. The van der Waals surface area contributed by atoms with Crippen molar-refractivity contribution >= 4 is 48.0 Å². The second-order valence-electron chi connectivity index (χ2n) is 22.1. The summed E-state index contributed by atoms with van der Waals surface area (Å²) >= 11 is 4.24. The van der Waals surface area contributed by atoms with Gasteiger partial charge in [0.25, 0.3) is 0 Å². The second kappa shape index (κ2) is 50.0. The number of aliphatic imine (C=N–C) groups is 3. The van der Waals surface area contributed by atoms with Gasteiger partial charge >= 0.3 is 52.4 Å². The van der Waals surface area contributed by atoms with Gasteiger partial charge in [-0.15, -0.1) is 6.58 Å². The number of benzene rings is 6. The van der Waals surface area contributed by atoms with Gasteiger partial charge in [0.05, 0.1) is 30.3 Å². The third-order valence-corrected chi connectivity index (χ3v) is 15.3. The van der Waals surface area contributed by atoms with Gasteiger partial charge in [-0.2, -0.15) is 0 Å². The predicted octanol–water partition coefficient (Wildman–Crippen LogP) is 19.8. The zero-order valence-electron chi connectivity index (χ0n) is 53.7. The van der Waals surface area contributed by atoms with Crippen LogP contribution in [0, 0.1) is 52.3 Å². The second-order valence-corrected chi connectivity index (χ2v) is 22.8. The van der Waals surface area contributed by atoms with E-state index < -0.39 is 0 Å². The van der Waals surface area contributed by atoms with Gasteiger partial charge in [-0.05, 0) is 111 Å². The fourth-order valence-corrected chi connectivity index (χ4v) is 9.74. The summed E-state index contributed by atoms with van der Waals surface area (Å²) in [6.45, 7) is 23.1. The van der Waals surface area contributed by atoms with Gasteiger partial charge in [-0.25, -0.2) is 0 Å². The van der Waals surface area contributed by atoms with Gasteiger partial charge in [-0.1, -0.05) is 258 Å². The van der Waals surface area contributed by atoms with Crippen LogP contribution >= 0.6 is 30.9 Å². The number of allylic oxidation sites excluding steroid dienone is 4. The molecule has 0 aromatic heterocycles. The van der Waals surface area contributed by atoms with Crippen LogP contribution in [0.25, 0.3) is 0 Å². The molecule has 0 aliphatic heterocycles. The number of unbranched alkanes of at least 4 members (excludes halogenated alkanes) is 1. The molecule has 87 heavy (non-hydrogen) atoms. The minimum absolute atomic E-state index is 0.0712. The molecule has 0 radical (unpaired) electrons. The van der Waals surface area contributed by atoms with E-state index >= 15 is 0 Å². The van der Waals surface area contributed by atoms with Gasteiger partial charge in [0.2, 0.25) is 0 Å². The summed E-state index contributed by atoms with van der Waals surface area (Å²) in [5, 5.41) is 0. The Labute approximate surface area is 569 Å². The standard InChI is InChI=1S/C21H25N.C20H24NOP.C15H15N.C7H15N.C7H13N.C6H13OP.HIXe/c1-3-4-5-8-13-18(2)22-21(19-14-9-6-10-15-19)20-16-11-7-12-17-20;1-17(11-5-4-10-16-22-23)21-20(18-12-6-2-7-13-18)19-14-8-3-9-15-19;1-2-16-15(13-9-5-3-6-10-13)14-11-7-4-8-12-14;2*1-3-6-4-5-7(6,2)8;1-2-3-4-5-6-7-8;1-2/h4-7,9-12,14-18H,3,8,13H2,1-2H3;2-4,6-10,12-15,17H,5,11,16,23H2,1H3;3-12H,2H2,1H3;6H,3-5,8H2,1-2H3;3,6H,1,4-5,8H2,2H3;4-5H,2-3,6,8H2,1H3;2H/b5-4+;10-4+;;;;5-4+;. The van der Waals surface area contributed by atoms with Crippen molar-refractivity contribution in [3.63, 3.8) is 0 Å². The molecule has 472 valence electrons. The van der Waals surface area contributed by atoms with Crippen LogP contribution in [0.15, 0.2) is 246 Å². The Morgan fingerprint density at radius 2 is 0.862 bits per heavy atom. The molecule has 2 aliphatic carbocycles. The van der Waals surface area contributed by atoms with E-state index in [-0.39, 0.29) is 17.1 Å². The molecule has 0 spiro atoms. The Kier molecular flexibility index (Phi) is 45.6. The topological polar surface area (TPSA) is 108 Å². The summed E-state index contributed by atoms with van der Waals surface area (Å²) in [6, 6.07) is 62.9. The molecule has 4 N–H and O–H groups in total. The van der Waals surface area contributed by atoms with Crippen molar-refractivity contribution in [3.05, 3.63) is 264 Å². The number of halogens is 1. The van der Waals surface area contributed by atoms with Crippen molar-refractivity contribution in [1.29, 1.82) is 0 Å². The van der Waals surface area contributed by atoms with Gasteiger partial charge in [0, 0.05) is 82.0 Å². The first-order valence-electron chi connectivity index (χ1n) is 31.2. The molecule has 8 unspecified atom stereocenters. The molecule has 6 aromatic carbocycles. The average Bonchev–Trinajstić information content (AvgIpc) is 2.50. The molecule has 0 amide bonds. The fraction of sp³-hybridized carbons (Fsp3) is 0.382. The van der Waals surface area contributed by atoms with E-state index in [1.807, 2.05) is 78.9 Å². The van der Waals surface area contributed by atoms with E-state index in [4.69, 9.17) is 30.5 Å². The molecule has 2 saturated carbocycles. The normalized spacial score (nSPS) is 17.6. The van der Waals surface area contributed by atoms with Crippen LogP contribution in [0.4, 0.5) is 0 Å². The van der Waals surface area contributed by atoms with E-state index in [1.54, 1.807) is 0 Å². The van der Waals surface area contributed by atoms with Gasteiger partial charge in [-0.3, -0.25) is 15.0 Å². The van der Waals surface area contributed by atoms with Crippen LogP contribution in [-0.2, 0) is 9.05 Å². The molecule has 0 saturated heterocycles. The van der Waals surface area contributed by atoms with Crippen LogP contribution in [0.1, 0.15) is 166 Å².